The first kappa shape index (κ1) is 34.8. The molecule has 2 heterocycles. The summed E-state index contributed by atoms with van der Waals surface area (Å²) >= 11 is 0. The largest absolute Gasteiger partial charge is 0.416 e. The van der Waals surface area contributed by atoms with Crippen LogP contribution in [0.15, 0.2) is 173 Å². The van der Waals surface area contributed by atoms with Gasteiger partial charge in [-0.15, -0.1) is 0 Å². The van der Waals surface area contributed by atoms with E-state index >= 15 is 13.2 Å². The Hall–Kier alpha value is -6.29. The topological polar surface area (TPSA) is 42.5 Å². The molecular weight excluding hydrogens is 698 g/mol. The van der Waals surface area contributed by atoms with Crippen LogP contribution in [0.4, 0.5) is 26.3 Å². The van der Waals surface area contributed by atoms with Gasteiger partial charge in [-0.2, -0.15) is 26.3 Å². The highest BCUT2D eigenvalue weighted by Gasteiger charge is 2.49. The van der Waals surface area contributed by atoms with Gasteiger partial charge < -0.3 is 0 Å². The Morgan fingerprint density at radius 3 is 1.69 bits per heavy atom. The predicted molar refractivity (Wildman–Crippen MR) is 199 cm³/mol. The van der Waals surface area contributed by atoms with Gasteiger partial charge in [-0.3, -0.25) is 4.57 Å². The zero-order chi connectivity index (χ0) is 37.5. The molecule has 0 fully saturated rings. The van der Waals surface area contributed by atoms with Crippen molar-refractivity contribution in [2.24, 2.45) is 9.98 Å². The lowest BCUT2D eigenvalue weighted by Gasteiger charge is -2.30. The molecule has 0 unspecified atom stereocenters. The first-order valence-electron chi connectivity index (χ1n) is 17.2. The van der Waals surface area contributed by atoms with Crippen LogP contribution >= 0.6 is 0 Å². The fourth-order valence-electron chi connectivity index (χ4n) is 7.15. The van der Waals surface area contributed by atoms with Gasteiger partial charge in [0.2, 0.25) is 0 Å². The minimum absolute atomic E-state index is 0.192. The van der Waals surface area contributed by atoms with Crippen LogP contribution in [0.3, 0.4) is 0 Å². The molecule has 54 heavy (non-hydrogen) atoms. The molecule has 0 atom stereocenters. The second-order valence-corrected chi connectivity index (χ2v) is 12.9. The minimum atomic E-state index is -4.89. The van der Waals surface area contributed by atoms with E-state index in [2.05, 4.69) is 0 Å². The first-order valence-corrected chi connectivity index (χ1v) is 17.2. The standard InChI is InChI=1S/C44H30F6N4/c45-42(46,47)34-26-14-13-25-33(34)41-51-39(31-21-9-3-10-22-31)40(32-23-11-4-12-24-32)54(41)44(36-28-16-15-27-35(36)43(48,49)50)52-37(29-17-5-1-6-18-29)38(53-44)30-19-7-2-8-20-30/h1-23,26-28H,24-25H2. The smallest absolute Gasteiger partial charge is 0.275 e. The van der Waals surface area contributed by atoms with Crippen LogP contribution in [0.5, 0.6) is 0 Å². The molecule has 5 aromatic rings. The SMILES string of the molecule is FC(F)(F)C1=CC=CCC1=c1nc(-c2ccccc2)c(=C2C=CC=CC2)n1C1(c2ccccc2C(F)(F)F)N=C(c2ccccc2)C(c2ccccc2)=N1. The number of aliphatic imine (C=N–C) groups is 2. The average molecular weight is 729 g/mol. The van der Waals surface area contributed by atoms with E-state index in [0.717, 1.165) is 12.1 Å². The van der Waals surface area contributed by atoms with Gasteiger partial charge >= 0.3 is 12.4 Å². The van der Waals surface area contributed by atoms with Crippen LogP contribution in [-0.2, 0) is 12.0 Å². The Balaban J connectivity index is 1.66. The lowest BCUT2D eigenvalue weighted by atomic mass is 9.97. The highest BCUT2D eigenvalue weighted by atomic mass is 19.4. The van der Waals surface area contributed by atoms with Crippen molar-refractivity contribution in [3.8, 4) is 11.3 Å². The Bertz CT molecular complexity index is 2500. The van der Waals surface area contributed by atoms with Crippen LogP contribution in [-0.4, -0.2) is 27.2 Å². The van der Waals surface area contributed by atoms with Crippen molar-refractivity contribution < 1.29 is 26.3 Å². The molecule has 0 spiro atoms. The molecule has 8 rings (SSSR count). The van der Waals surface area contributed by atoms with Crippen LogP contribution < -0.4 is 10.8 Å². The molecule has 1 aromatic heterocycles. The number of nitrogens with zero attached hydrogens (tertiary/aromatic N) is 4. The van der Waals surface area contributed by atoms with Crippen molar-refractivity contribution >= 4 is 22.6 Å². The van der Waals surface area contributed by atoms with E-state index in [0.29, 0.717) is 34.0 Å². The number of alkyl halides is 6. The Morgan fingerprint density at radius 2 is 1.13 bits per heavy atom. The molecule has 4 aromatic carbocycles. The van der Waals surface area contributed by atoms with Crippen LogP contribution in [0.2, 0.25) is 0 Å². The van der Waals surface area contributed by atoms with E-state index in [1.54, 1.807) is 109 Å². The maximum atomic E-state index is 15.3. The third-order valence-corrected chi connectivity index (χ3v) is 9.49. The quantitative estimate of drug-likeness (QED) is 0.166. The number of rotatable bonds is 5. The molecule has 0 saturated heterocycles. The number of allylic oxidation sites excluding steroid dienone is 8. The second kappa shape index (κ2) is 13.6. The maximum absolute atomic E-state index is 15.3. The summed E-state index contributed by atoms with van der Waals surface area (Å²) < 4.78 is 92.3. The molecule has 4 nitrogen and oxygen atoms in total. The Morgan fingerprint density at radius 1 is 0.574 bits per heavy atom. The molecule has 3 aliphatic rings. The second-order valence-electron chi connectivity index (χ2n) is 12.9. The summed E-state index contributed by atoms with van der Waals surface area (Å²) in [5, 5.41) is 0.298. The van der Waals surface area contributed by atoms with Crippen LogP contribution in [0.1, 0.15) is 35.1 Å². The number of hydrogen-bond donors (Lipinski definition) is 0. The summed E-state index contributed by atoms with van der Waals surface area (Å²) in [4.78, 5) is 15.4. The molecule has 0 saturated carbocycles. The Labute approximate surface area is 306 Å². The number of hydrogen-bond acceptors (Lipinski definition) is 3. The van der Waals surface area contributed by atoms with Crippen molar-refractivity contribution in [2.75, 3.05) is 0 Å². The normalized spacial score (nSPS) is 18.7. The molecule has 10 heteroatoms. The summed E-state index contributed by atoms with van der Waals surface area (Å²) in [7, 11) is 0. The molecule has 0 radical (unpaired) electrons. The van der Waals surface area contributed by atoms with Crippen molar-refractivity contribution in [1.82, 2.24) is 9.55 Å². The fourth-order valence-corrected chi connectivity index (χ4v) is 7.15. The zero-order valence-corrected chi connectivity index (χ0v) is 28.5. The number of imidazole rings is 1. The summed E-state index contributed by atoms with van der Waals surface area (Å²) in [6, 6.07) is 31.8. The molecule has 268 valence electrons. The van der Waals surface area contributed by atoms with E-state index in [1.807, 2.05) is 12.2 Å². The van der Waals surface area contributed by atoms with Crippen molar-refractivity contribution in [2.45, 2.75) is 31.0 Å². The molecule has 0 amide bonds. The number of aromatic nitrogens is 2. The summed E-state index contributed by atoms with van der Waals surface area (Å²) in [6.45, 7) is 0. The lowest BCUT2D eigenvalue weighted by Crippen LogP contribution is -2.47. The molecule has 1 aliphatic heterocycles. The van der Waals surface area contributed by atoms with Crippen molar-refractivity contribution in [3.05, 3.63) is 196 Å². The van der Waals surface area contributed by atoms with Gasteiger partial charge in [-0.1, -0.05) is 146 Å². The van der Waals surface area contributed by atoms with Crippen LogP contribution in [0, 0.1) is 0 Å². The highest BCUT2D eigenvalue weighted by molar-refractivity contribution is 6.54. The van der Waals surface area contributed by atoms with E-state index < -0.39 is 29.3 Å². The Kier molecular flexibility index (Phi) is 8.76. The number of halogens is 6. The molecule has 2 aliphatic carbocycles. The predicted octanol–water partition coefficient (Wildman–Crippen LogP) is 9.49. The molecule has 0 N–H and O–H groups in total. The van der Waals surface area contributed by atoms with E-state index in [9.17, 15) is 13.2 Å². The number of benzene rings is 4. The van der Waals surface area contributed by atoms with Crippen molar-refractivity contribution in [1.29, 1.82) is 0 Å². The third-order valence-electron chi connectivity index (χ3n) is 9.49. The van der Waals surface area contributed by atoms with E-state index in [1.165, 1.54) is 28.8 Å². The van der Waals surface area contributed by atoms with Gasteiger partial charge in [0.25, 0.3) is 5.79 Å². The summed E-state index contributed by atoms with van der Waals surface area (Å²) in [5.41, 5.74) is 0.373. The van der Waals surface area contributed by atoms with Gasteiger partial charge in [0.15, 0.2) is 0 Å². The van der Waals surface area contributed by atoms with Gasteiger partial charge in [-0.05, 0) is 30.6 Å². The van der Waals surface area contributed by atoms with Crippen molar-refractivity contribution in [3.63, 3.8) is 0 Å². The molecular formula is C44H30F6N4. The lowest BCUT2D eigenvalue weighted by molar-refractivity contribution is -0.139. The molecule has 0 bridgehead atoms. The minimum Gasteiger partial charge on any atom is -0.275 e. The highest BCUT2D eigenvalue weighted by Crippen LogP contribution is 2.43. The fraction of sp³-hybridized carbons (Fsp3) is 0.114. The third kappa shape index (κ3) is 6.17. The van der Waals surface area contributed by atoms with E-state index in [-0.39, 0.29) is 40.2 Å². The van der Waals surface area contributed by atoms with E-state index in [4.69, 9.17) is 15.0 Å². The van der Waals surface area contributed by atoms with Gasteiger partial charge in [0.1, 0.15) is 5.48 Å². The average Bonchev–Trinajstić information content (AvgIpc) is 3.80. The maximum Gasteiger partial charge on any atom is 0.416 e. The zero-order valence-electron chi connectivity index (χ0n) is 28.5. The summed E-state index contributed by atoms with van der Waals surface area (Å²) in [6.07, 6.45) is 1.59. The first-order chi connectivity index (χ1) is 26.1. The van der Waals surface area contributed by atoms with Gasteiger partial charge in [0, 0.05) is 27.8 Å². The summed E-state index contributed by atoms with van der Waals surface area (Å²) in [5.74, 6) is -2.33. The van der Waals surface area contributed by atoms with Gasteiger partial charge in [-0.25, -0.2) is 15.0 Å². The van der Waals surface area contributed by atoms with Gasteiger partial charge in [0.05, 0.1) is 33.6 Å². The monoisotopic (exact) mass is 728 g/mol. The van der Waals surface area contributed by atoms with Crippen LogP contribution in [0.25, 0.3) is 22.4 Å².